The molecule has 1 amide bonds. The lowest BCUT2D eigenvalue weighted by Crippen LogP contribution is -2.57. The first-order chi connectivity index (χ1) is 19.0. The van der Waals surface area contributed by atoms with Crippen molar-refractivity contribution in [2.45, 2.75) is 80.9 Å². The lowest BCUT2D eigenvalue weighted by molar-refractivity contribution is -0.126. The molecule has 2 N–H and O–H groups in total. The van der Waals surface area contributed by atoms with E-state index in [0.717, 1.165) is 25.8 Å². The van der Waals surface area contributed by atoms with Gasteiger partial charge in [-0.25, -0.2) is 13.1 Å². The van der Waals surface area contributed by atoms with Crippen LogP contribution in [0.15, 0.2) is 59.6 Å². The highest BCUT2D eigenvalue weighted by atomic mass is 32.2. The van der Waals surface area contributed by atoms with E-state index in [1.165, 1.54) is 46.7 Å². The van der Waals surface area contributed by atoms with E-state index in [2.05, 4.69) is 39.1 Å². The van der Waals surface area contributed by atoms with Crippen molar-refractivity contribution in [3.63, 3.8) is 0 Å². The van der Waals surface area contributed by atoms with E-state index in [1.807, 2.05) is 10.9 Å². The quantitative estimate of drug-likeness (QED) is 0.448. The van der Waals surface area contributed by atoms with Gasteiger partial charge in [0.2, 0.25) is 15.9 Å². The summed E-state index contributed by atoms with van der Waals surface area (Å²) in [7, 11) is -3.82. The third-order valence-electron chi connectivity index (χ3n) is 8.35. The summed E-state index contributed by atoms with van der Waals surface area (Å²) in [6.45, 7) is 1.41. The molecule has 39 heavy (non-hydrogen) atoms. The lowest BCUT2D eigenvalue weighted by atomic mass is 9.86. The Morgan fingerprint density at radius 3 is 2.67 bits per heavy atom. The first-order valence-electron chi connectivity index (χ1n) is 14.1. The van der Waals surface area contributed by atoms with Crippen LogP contribution in [0.4, 0.5) is 0 Å². The predicted octanol–water partition coefficient (Wildman–Crippen LogP) is 2.97. The minimum Gasteiger partial charge on any atom is -0.353 e. The lowest BCUT2D eigenvalue weighted by Gasteiger charge is -2.33. The van der Waals surface area contributed by atoms with Gasteiger partial charge in [0.05, 0.1) is 16.6 Å². The maximum Gasteiger partial charge on any atom is 0.243 e. The molecule has 9 nitrogen and oxygen atoms in total. The van der Waals surface area contributed by atoms with Crippen LogP contribution < -0.4 is 10.6 Å². The molecule has 2 aliphatic carbocycles. The summed E-state index contributed by atoms with van der Waals surface area (Å²) in [5.41, 5.74) is 4.56. The van der Waals surface area contributed by atoms with Gasteiger partial charge in [0.15, 0.2) is 0 Å². The molecule has 3 aromatic rings. The summed E-state index contributed by atoms with van der Waals surface area (Å²) in [5, 5.41) is 15.3. The van der Waals surface area contributed by atoms with E-state index in [1.54, 1.807) is 30.3 Å². The highest BCUT2D eigenvalue weighted by Gasteiger charge is 2.39. The van der Waals surface area contributed by atoms with Gasteiger partial charge < -0.3 is 10.6 Å². The summed E-state index contributed by atoms with van der Waals surface area (Å²) in [4.78, 5) is 13.0. The summed E-state index contributed by atoms with van der Waals surface area (Å²) < 4.78 is 29.9. The zero-order chi connectivity index (χ0) is 26.8. The summed E-state index contributed by atoms with van der Waals surface area (Å²) >= 11 is 0. The van der Waals surface area contributed by atoms with Gasteiger partial charge in [0.25, 0.3) is 0 Å². The fraction of sp³-hybridized carbons (Fsp3) is 0.483. The van der Waals surface area contributed by atoms with Crippen LogP contribution in [0.2, 0.25) is 0 Å². The smallest absolute Gasteiger partial charge is 0.243 e. The zero-order valence-corrected chi connectivity index (χ0v) is 22.9. The number of aromatic nitrogens is 3. The molecule has 1 aromatic heterocycles. The van der Waals surface area contributed by atoms with Gasteiger partial charge in [-0.1, -0.05) is 54.5 Å². The Balaban J connectivity index is 1.18. The van der Waals surface area contributed by atoms with Gasteiger partial charge in [0.1, 0.15) is 6.04 Å². The van der Waals surface area contributed by atoms with Crippen LogP contribution in [0.3, 0.4) is 0 Å². The Morgan fingerprint density at radius 1 is 1.03 bits per heavy atom. The number of rotatable bonds is 8. The van der Waals surface area contributed by atoms with Crippen LogP contribution in [-0.4, -0.2) is 58.8 Å². The highest BCUT2D eigenvalue weighted by molar-refractivity contribution is 7.89. The number of hydrogen-bond acceptors (Lipinski definition) is 6. The number of hydrogen-bond donors (Lipinski definition) is 2. The predicted molar refractivity (Wildman–Crippen MR) is 147 cm³/mol. The van der Waals surface area contributed by atoms with Gasteiger partial charge in [-0.15, -0.1) is 5.10 Å². The van der Waals surface area contributed by atoms with Gasteiger partial charge in [-0.2, -0.15) is 4.31 Å². The largest absolute Gasteiger partial charge is 0.353 e. The number of piperazine rings is 1. The molecular formula is C29H36N6O3S. The Hall–Kier alpha value is -3.08. The first-order valence-corrected chi connectivity index (χ1v) is 15.5. The van der Waals surface area contributed by atoms with Crippen molar-refractivity contribution in [1.82, 2.24) is 29.9 Å². The van der Waals surface area contributed by atoms with Crippen molar-refractivity contribution in [2.75, 3.05) is 13.1 Å². The topological polar surface area (TPSA) is 109 Å². The minimum atomic E-state index is -3.82. The average molecular weight is 549 g/mol. The maximum absolute atomic E-state index is 13.4. The van der Waals surface area contributed by atoms with Crippen molar-refractivity contribution in [2.24, 2.45) is 0 Å². The van der Waals surface area contributed by atoms with Crippen LogP contribution in [0.1, 0.15) is 67.0 Å². The number of benzene rings is 2. The van der Waals surface area contributed by atoms with Crippen molar-refractivity contribution in [3.8, 4) is 0 Å². The third-order valence-corrected chi connectivity index (χ3v) is 10.3. The molecule has 2 aromatic carbocycles. The van der Waals surface area contributed by atoms with Crippen molar-refractivity contribution in [1.29, 1.82) is 0 Å². The Morgan fingerprint density at radius 2 is 1.85 bits per heavy atom. The van der Waals surface area contributed by atoms with E-state index in [9.17, 15) is 13.2 Å². The Labute approximate surface area is 230 Å². The standard InChI is InChI=1S/C29H36N6O3S/c36-29-28(35(16-15-30-29)39(37,38)25-10-2-1-3-11-25)18-24-20-34(33-32-24)27-12-6-7-22-17-21(13-14-26(22)27)19-31-23-8-4-5-9-23/h1-3,10-11,13-14,17,20,23,27-28,31H,4-9,12,15-16,18-19H2,(H,30,36)/t27-,28?/m1/s1. The SMILES string of the molecule is O=C1NCCN(S(=O)(=O)c2ccccc2)C1Cc1cn([C@@H]2CCCc3cc(CNC4CCCC4)ccc32)nn1. The van der Waals surface area contributed by atoms with E-state index < -0.39 is 16.1 Å². The van der Waals surface area contributed by atoms with E-state index in [4.69, 9.17) is 0 Å². The molecular weight excluding hydrogens is 512 g/mol. The van der Waals surface area contributed by atoms with Crippen LogP contribution >= 0.6 is 0 Å². The van der Waals surface area contributed by atoms with Crippen molar-refractivity contribution >= 4 is 15.9 Å². The van der Waals surface area contributed by atoms with Gasteiger partial charge in [0, 0.05) is 38.3 Å². The number of aryl methyl sites for hydroxylation is 1. The van der Waals surface area contributed by atoms with Gasteiger partial charge in [-0.3, -0.25) is 4.79 Å². The second-order valence-corrected chi connectivity index (χ2v) is 12.8. The van der Waals surface area contributed by atoms with Crippen LogP contribution in [-0.2, 0) is 34.2 Å². The molecule has 3 aliphatic rings. The number of sulfonamides is 1. The first kappa shape index (κ1) is 26.2. The van der Waals surface area contributed by atoms with E-state index in [0.29, 0.717) is 11.7 Å². The van der Waals surface area contributed by atoms with Gasteiger partial charge in [-0.05, 0) is 60.9 Å². The molecule has 1 aliphatic heterocycles. The molecule has 1 unspecified atom stereocenters. The Bertz CT molecular complexity index is 1420. The number of nitrogens with one attached hydrogen (secondary N) is 2. The second kappa shape index (κ2) is 11.2. The Kier molecular flexibility index (Phi) is 7.51. The average Bonchev–Trinajstić information content (AvgIpc) is 3.65. The molecule has 0 spiro atoms. The molecule has 1 saturated heterocycles. The molecule has 0 radical (unpaired) electrons. The number of carbonyl (C=O) groups is 1. The molecule has 2 atom stereocenters. The van der Waals surface area contributed by atoms with Crippen molar-refractivity contribution in [3.05, 3.63) is 77.1 Å². The molecule has 206 valence electrons. The summed E-state index contributed by atoms with van der Waals surface area (Å²) in [6.07, 6.45) is 10.4. The normalized spacial score (nSPS) is 22.5. The second-order valence-electron chi connectivity index (χ2n) is 10.9. The number of carbonyl (C=O) groups excluding carboxylic acids is 1. The maximum atomic E-state index is 13.4. The number of fused-ring (bicyclic) bond motifs is 1. The fourth-order valence-corrected chi connectivity index (χ4v) is 7.89. The molecule has 2 fully saturated rings. The van der Waals surface area contributed by atoms with Crippen LogP contribution in [0.5, 0.6) is 0 Å². The zero-order valence-electron chi connectivity index (χ0n) is 22.1. The van der Waals surface area contributed by atoms with Crippen molar-refractivity contribution < 1.29 is 13.2 Å². The molecule has 6 rings (SSSR count). The molecule has 10 heteroatoms. The fourth-order valence-electron chi connectivity index (χ4n) is 6.28. The molecule has 2 heterocycles. The monoisotopic (exact) mass is 548 g/mol. The minimum absolute atomic E-state index is 0.0798. The molecule has 1 saturated carbocycles. The third kappa shape index (κ3) is 5.50. The molecule has 0 bridgehead atoms. The summed E-state index contributed by atoms with van der Waals surface area (Å²) in [5.74, 6) is -0.308. The number of nitrogens with zero attached hydrogens (tertiary/aromatic N) is 4. The van der Waals surface area contributed by atoms with E-state index >= 15 is 0 Å². The van der Waals surface area contributed by atoms with Crippen LogP contribution in [0, 0.1) is 0 Å². The van der Waals surface area contributed by atoms with Gasteiger partial charge >= 0.3 is 0 Å². The van der Waals surface area contributed by atoms with Crippen LogP contribution in [0.25, 0.3) is 0 Å². The summed E-state index contributed by atoms with van der Waals surface area (Å²) in [6, 6.07) is 14.9. The highest BCUT2D eigenvalue weighted by Crippen LogP contribution is 2.33. The van der Waals surface area contributed by atoms with E-state index in [-0.39, 0.29) is 36.4 Å². The number of amides is 1.